The van der Waals surface area contributed by atoms with E-state index in [2.05, 4.69) is 36.8 Å². The Labute approximate surface area is 121 Å². The summed E-state index contributed by atoms with van der Waals surface area (Å²) in [4.78, 5) is 4.10. The Morgan fingerprint density at radius 3 is 2.56 bits per heavy atom. The van der Waals surface area contributed by atoms with Crippen LogP contribution >= 0.6 is 31.9 Å². The number of hydrogen-bond donors (Lipinski definition) is 1. The van der Waals surface area contributed by atoms with Gasteiger partial charge in [-0.1, -0.05) is 15.9 Å². The van der Waals surface area contributed by atoms with Crippen LogP contribution in [0.5, 0.6) is 0 Å². The highest BCUT2D eigenvalue weighted by atomic mass is 79.9. The summed E-state index contributed by atoms with van der Waals surface area (Å²) in [6.07, 6.45) is 0.984. The summed E-state index contributed by atoms with van der Waals surface area (Å²) in [6.45, 7) is 0. The molecule has 1 aromatic heterocycles. The SMILES string of the molecule is OC(Cc1cc(Br)ccc1F)c1ccc(Br)cn1. The number of aromatic nitrogens is 1. The molecule has 0 fully saturated rings. The first-order chi connectivity index (χ1) is 8.56. The summed E-state index contributed by atoms with van der Waals surface area (Å²) < 4.78 is 15.2. The van der Waals surface area contributed by atoms with Crippen LogP contribution in [0, 0.1) is 5.82 Å². The summed E-state index contributed by atoms with van der Waals surface area (Å²) in [5.74, 6) is -0.325. The molecule has 5 heteroatoms. The van der Waals surface area contributed by atoms with Crippen molar-refractivity contribution < 1.29 is 9.50 Å². The molecule has 0 radical (unpaired) electrons. The third kappa shape index (κ3) is 3.37. The van der Waals surface area contributed by atoms with Gasteiger partial charge in [-0.05, 0) is 51.8 Å². The van der Waals surface area contributed by atoms with E-state index in [4.69, 9.17) is 0 Å². The molecular formula is C13H10Br2FNO. The first kappa shape index (κ1) is 13.6. The number of hydrogen-bond acceptors (Lipinski definition) is 2. The normalized spacial score (nSPS) is 12.4. The molecule has 1 aromatic carbocycles. The van der Waals surface area contributed by atoms with E-state index >= 15 is 0 Å². The van der Waals surface area contributed by atoms with E-state index < -0.39 is 6.10 Å². The van der Waals surface area contributed by atoms with Crippen LogP contribution in [0.1, 0.15) is 17.4 Å². The van der Waals surface area contributed by atoms with Gasteiger partial charge in [0.1, 0.15) is 11.9 Å². The molecule has 0 aliphatic rings. The molecule has 2 nitrogen and oxygen atoms in total. The molecule has 1 N–H and O–H groups in total. The van der Waals surface area contributed by atoms with Gasteiger partial charge in [0.05, 0.1) is 5.69 Å². The minimum absolute atomic E-state index is 0.194. The van der Waals surface area contributed by atoms with Crippen molar-refractivity contribution in [2.75, 3.05) is 0 Å². The summed E-state index contributed by atoms with van der Waals surface area (Å²) in [6, 6.07) is 8.18. The fourth-order valence-corrected chi connectivity index (χ4v) is 2.24. The number of pyridine rings is 1. The maximum atomic E-state index is 13.5. The Balaban J connectivity index is 2.18. The lowest BCUT2D eigenvalue weighted by Gasteiger charge is -2.11. The number of aliphatic hydroxyl groups excluding tert-OH is 1. The molecule has 0 saturated carbocycles. The zero-order valence-corrected chi connectivity index (χ0v) is 12.4. The molecular weight excluding hydrogens is 365 g/mol. The predicted octanol–water partition coefficient (Wildman–Crippen LogP) is 4.02. The summed E-state index contributed by atoms with van der Waals surface area (Å²) >= 11 is 6.55. The molecule has 94 valence electrons. The maximum Gasteiger partial charge on any atom is 0.126 e. The van der Waals surface area contributed by atoms with Gasteiger partial charge in [0, 0.05) is 21.6 Å². The van der Waals surface area contributed by atoms with Gasteiger partial charge >= 0.3 is 0 Å². The molecule has 1 atom stereocenters. The van der Waals surface area contributed by atoms with E-state index in [1.165, 1.54) is 6.07 Å². The lowest BCUT2D eigenvalue weighted by atomic mass is 10.0. The molecule has 1 heterocycles. The third-order valence-electron chi connectivity index (χ3n) is 2.51. The molecule has 0 amide bonds. The summed E-state index contributed by atoms with van der Waals surface area (Å²) in [7, 11) is 0. The monoisotopic (exact) mass is 373 g/mol. The van der Waals surface area contributed by atoms with Crippen LogP contribution in [0.25, 0.3) is 0 Å². The van der Waals surface area contributed by atoms with Crippen molar-refractivity contribution in [2.24, 2.45) is 0 Å². The predicted molar refractivity (Wildman–Crippen MR) is 74.7 cm³/mol. The zero-order valence-electron chi connectivity index (χ0n) is 9.28. The number of nitrogens with zero attached hydrogens (tertiary/aromatic N) is 1. The second kappa shape index (κ2) is 5.91. The van der Waals surface area contributed by atoms with Crippen LogP contribution in [-0.2, 0) is 6.42 Å². The smallest absolute Gasteiger partial charge is 0.126 e. The second-order valence-electron chi connectivity index (χ2n) is 3.86. The third-order valence-corrected chi connectivity index (χ3v) is 3.48. The van der Waals surface area contributed by atoms with Gasteiger partial charge in [0.2, 0.25) is 0 Å². The van der Waals surface area contributed by atoms with E-state index in [1.807, 2.05) is 0 Å². The van der Waals surface area contributed by atoms with Gasteiger partial charge in [0.25, 0.3) is 0 Å². The van der Waals surface area contributed by atoms with Gasteiger partial charge in [-0.2, -0.15) is 0 Å². The largest absolute Gasteiger partial charge is 0.386 e. The average molecular weight is 375 g/mol. The van der Waals surface area contributed by atoms with Crippen LogP contribution in [0.4, 0.5) is 4.39 Å². The van der Waals surface area contributed by atoms with Crippen LogP contribution < -0.4 is 0 Å². The molecule has 2 rings (SSSR count). The van der Waals surface area contributed by atoms with Crippen LogP contribution in [0.15, 0.2) is 45.5 Å². The van der Waals surface area contributed by atoms with Crippen molar-refractivity contribution in [3.8, 4) is 0 Å². The first-order valence-corrected chi connectivity index (χ1v) is 6.88. The van der Waals surface area contributed by atoms with Crippen molar-refractivity contribution in [1.29, 1.82) is 0 Å². The van der Waals surface area contributed by atoms with E-state index in [9.17, 15) is 9.50 Å². The highest BCUT2D eigenvalue weighted by Crippen LogP contribution is 2.22. The van der Waals surface area contributed by atoms with Crippen molar-refractivity contribution >= 4 is 31.9 Å². The quantitative estimate of drug-likeness (QED) is 0.880. The first-order valence-electron chi connectivity index (χ1n) is 5.29. The van der Waals surface area contributed by atoms with Crippen LogP contribution in [0.3, 0.4) is 0 Å². The maximum absolute atomic E-state index is 13.5. The van der Waals surface area contributed by atoms with Crippen molar-refractivity contribution in [2.45, 2.75) is 12.5 Å². The highest BCUT2D eigenvalue weighted by Gasteiger charge is 2.13. The van der Waals surface area contributed by atoms with Crippen LogP contribution in [0.2, 0.25) is 0 Å². The Morgan fingerprint density at radius 1 is 1.17 bits per heavy atom. The molecule has 0 spiro atoms. The molecule has 0 saturated heterocycles. The minimum atomic E-state index is -0.818. The molecule has 1 unspecified atom stereocenters. The Bertz CT molecular complexity index is 545. The van der Waals surface area contributed by atoms with E-state index in [1.54, 1.807) is 30.5 Å². The Kier molecular flexibility index (Phi) is 4.48. The molecule has 2 aromatic rings. The Morgan fingerprint density at radius 2 is 1.89 bits per heavy atom. The molecule has 18 heavy (non-hydrogen) atoms. The van der Waals surface area contributed by atoms with E-state index in [0.717, 1.165) is 8.95 Å². The van der Waals surface area contributed by atoms with Crippen molar-refractivity contribution in [3.63, 3.8) is 0 Å². The highest BCUT2D eigenvalue weighted by molar-refractivity contribution is 9.10. The van der Waals surface area contributed by atoms with Gasteiger partial charge < -0.3 is 5.11 Å². The van der Waals surface area contributed by atoms with Gasteiger partial charge in [-0.3, -0.25) is 4.98 Å². The molecule has 0 aliphatic heterocycles. The van der Waals surface area contributed by atoms with Gasteiger partial charge in [-0.15, -0.1) is 0 Å². The van der Waals surface area contributed by atoms with Gasteiger partial charge in [-0.25, -0.2) is 4.39 Å². The number of aliphatic hydroxyl groups is 1. The summed E-state index contributed by atoms with van der Waals surface area (Å²) in [5.41, 5.74) is 0.985. The molecule has 0 aliphatic carbocycles. The topological polar surface area (TPSA) is 33.1 Å². The van der Waals surface area contributed by atoms with Crippen LogP contribution in [-0.4, -0.2) is 10.1 Å². The van der Waals surface area contributed by atoms with E-state index in [-0.39, 0.29) is 12.2 Å². The minimum Gasteiger partial charge on any atom is -0.386 e. The lowest BCUT2D eigenvalue weighted by Crippen LogP contribution is -2.05. The second-order valence-corrected chi connectivity index (χ2v) is 5.69. The van der Waals surface area contributed by atoms with Crippen molar-refractivity contribution in [1.82, 2.24) is 4.98 Å². The fraction of sp³-hybridized carbons (Fsp3) is 0.154. The van der Waals surface area contributed by atoms with E-state index in [0.29, 0.717) is 11.3 Å². The lowest BCUT2D eigenvalue weighted by molar-refractivity contribution is 0.172. The average Bonchev–Trinajstić information content (AvgIpc) is 2.34. The fourth-order valence-electron chi connectivity index (χ4n) is 1.60. The zero-order chi connectivity index (χ0) is 13.1. The summed E-state index contributed by atoms with van der Waals surface area (Å²) in [5, 5.41) is 10.0. The standard InChI is InChI=1S/C13H10Br2FNO/c14-9-1-3-11(16)8(5-9)6-13(18)12-4-2-10(15)7-17-12/h1-5,7,13,18H,6H2. The van der Waals surface area contributed by atoms with Crippen molar-refractivity contribution in [3.05, 3.63) is 62.5 Å². The number of benzene rings is 1. The Hall–Kier alpha value is -0.780. The van der Waals surface area contributed by atoms with Gasteiger partial charge in [0.15, 0.2) is 0 Å². The number of rotatable bonds is 3. The number of halogens is 3. The molecule has 0 bridgehead atoms.